The summed E-state index contributed by atoms with van der Waals surface area (Å²) in [7, 11) is 0. The van der Waals surface area contributed by atoms with Crippen LogP contribution in [0.1, 0.15) is 22.8 Å². The normalized spacial score (nSPS) is 10.0. The quantitative estimate of drug-likeness (QED) is 0.881. The van der Waals surface area contributed by atoms with E-state index in [-0.39, 0.29) is 5.91 Å². The lowest BCUT2D eigenvalue weighted by Crippen LogP contribution is -2.15. The van der Waals surface area contributed by atoms with Gasteiger partial charge in [0.25, 0.3) is 5.91 Å². The van der Waals surface area contributed by atoms with E-state index >= 15 is 0 Å². The molecule has 0 bridgehead atoms. The van der Waals surface area contributed by atoms with Crippen LogP contribution in [0.2, 0.25) is 0 Å². The fraction of sp³-hybridized carbons (Fsp3) is 0.214. The number of rotatable bonds is 4. The maximum Gasteiger partial charge on any atom is 0.257 e. The van der Waals surface area contributed by atoms with Crippen molar-refractivity contribution in [2.75, 3.05) is 17.2 Å². The van der Waals surface area contributed by atoms with Crippen LogP contribution in [0.4, 0.5) is 11.4 Å². The predicted octanol–water partition coefficient (Wildman–Crippen LogP) is 2.47. The molecule has 0 aliphatic carbocycles. The van der Waals surface area contributed by atoms with Crippen molar-refractivity contribution >= 4 is 17.3 Å². The highest BCUT2D eigenvalue weighted by Gasteiger charge is 2.11. The average molecular weight is 256 g/mol. The summed E-state index contributed by atoms with van der Waals surface area (Å²) in [6.07, 6.45) is 6.63. The number of amides is 1. The minimum atomic E-state index is -0.160. The summed E-state index contributed by atoms with van der Waals surface area (Å²) in [4.78, 5) is 20.3. The van der Waals surface area contributed by atoms with Gasteiger partial charge in [-0.25, -0.2) is 0 Å². The Balaban J connectivity index is 2.23. The topological polar surface area (TPSA) is 66.9 Å². The Bertz CT molecular complexity index is 583. The van der Waals surface area contributed by atoms with Crippen LogP contribution < -0.4 is 10.6 Å². The van der Waals surface area contributed by atoms with Crippen LogP contribution >= 0.6 is 0 Å². The summed E-state index contributed by atoms with van der Waals surface area (Å²) in [5.74, 6) is -0.160. The summed E-state index contributed by atoms with van der Waals surface area (Å²) >= 11 is 0. The second-order valence-corrected chi connectivity index (χ2v) is 4.10. The summed E-state index contributed by atoms with van der Waals surface area (Å²) in [5.41, 5.74) is 3.00. The highest BCUT2D eigenvalue weighted by atomic mass is 16.1. The lowest BCUT2D eigenvalue weighted by atomic mass is 10.2. The van der Waals surface area contributed by atoms with E-state index in [2.05, 4.69) is 20.6 Å². The summed E-state index contributed by atoms with van der Waals surface area (Å²) in [5, 5.41) is 6.00. The Morgan fingerprint density at radius 3 is 2.63 bits per heavy atom. The zero-order valence-electron chi connectivity index (χ0n) is 11.0. The molecule has 0 radical (unpaired) electrons. The first-order chi connectivity index (χ1) is 9.22. The maximum absolute atomic E-state index is 12.3. The van der Waals surface area contributed by atoms with Crippen LogP contribution in [0.25, 0.3) is 0 Å². The number of aryl methyl sites for hydroxylation is 1. The molecular weight excluding hydrogens is 240 g/mol. The molecule has 0 spiro atoms. The van der Waals surface area contributed by atoms with E-state index in [1.807, 2.05) is 13.8 Å². The minimum Gasteiger partial charge on any atom is -0.383 e. The highest BCUT2D eigenvalue weighted by Crippen LogP contribution is 2.17. The molecule has 0 saturated carbocycles. The first kappa shape index (κ1) is 13.0. The van der Waals surface area contributed by atoms with E-state index in [4.69, 9.17) is 0 Å². The molecule has 0 saturated heterocycles. The number of nitrogens with zero attached hydrogens (tertiary/aromatic N) is 2. The molecule has 1 amide bonds. The largest absolute Gasteiger partial charge is 0.383 e. The zero-order chi connectivity index (χ0) is 13.7. The van der Waals surface area contributed by atoms with Crippen LogP contribution in [0.3, 0.4) is 0 Å². The van der Waals surface area contributed by atoms with Crippen molar-refractivity contribution in [2.24, 2.45) is 0 Å². The number of hydrogen-bond acceptors (Lipinski definition) is 4. The van der Waals surface area contributed by atoms with Gasteiger partial charge >= 0.3 is 0 Å². The molecule has 0 aliphatic heterocycles. The Hall–Kier alpha value is -2.43. The van der Waals surface area contributed by atoms with Gasteiger partial charge in [-0.3, -0.25) is 14.8 Å². The third kappa shape index (κ3) is 3.07. The number of nitrogens with one attached hydrogen (secondary N) is 2. The number of pyridine rings is 2. The number of carbonyl (C=O) groups excluding carboxylic acids is 1. The SMILES string of the molecule is CCNc1cnccc1C(=O)Nc1ccncc1C. The fourth-order valence-corrected chi connectivity index (χ4v) is 1.73. The maximum atomic E-state index is 12.3. The molecule has 0 aliphatic rings. The molecule has 2 rings (SSSR count). The van der Waals surface area contributed by atoms with Gasteiger partial charge in [-0.2, -0.15) is 0 Å². The van der Waals surface area contributed by atoms with E-state index in [0.717, 1.165) is 23.5 Å². The fourth-order valence-electron chi connectivity index (χ4n) is 1.73. The molecule has 0 aromatic carbocycles. The monoisotopic (exact) mass is 256 g/mol. The van der Waals surface area contributed by atoms with Gasteiger partial charge in [-0.05, 0) is 31.5 Å². The summed E-state index contributed by atoms with van der Waals surface area (Å²) in [6, 6.07) is 3.48. The van der Waals surface area contributed by atoms with Crippen molar-refractivity contribution in [1.29, 1.82) is 0 Å². The Kier molecular flexibility index (Phi) is 4.07. The molecule has 19 heavy (non-hydrogen) atoms. The molecule has 2 N–H and O–H groups in total. The standard InChI is InChI=1S/C14H16N4O/c1-3-17-13-9-16-6-4-11(13)14(19)18-12-5-7-15-8-10(12)2/h4-9,17H,3H2,1-2H3,(H,15,18,19). The van der Waals surface area contributed by atoms with E-state index < -0.39 is 0 Å². The molecular formula is C14H16N4O. The molecule has 0 atom stereocenters. The molecule has 2 aromatic heterocycles. The van der Waals surface area contributed by atoms with Crippen molar-refractivity contribution in [3.8, 4) is 0 Å². The van der Waals surface area contributed by atoms with Crippen molar-refractivity contribution < 1.29 is 4.79 Å². The smallest absolute Gasteiger partial charge is 0.257 e. The first-order valence-corrected chi connectivity index (χ1v) is 6.12. The second kappa shape index (κ2) is 5.95. The Morgan fingerprint density at radius 2 is 1.89 bits per heavy atom. The number of anilines is 2. The van der Waals surface area contributed by atoms with E-state index in [0.29, 0.717) is 5.56 Å². The lowest BCUT2D eigenvalue weighted by Gasteiger charge is -2.11. The van der Waals surface area contributed by atoms with Gasteiger partial charge < -0.3 is 10.6 Å². The van der Waals surface area contributed by atoms with E-state index in [1.54, 1.807) is 36.9 Å². The Labute approximate surface area is 112 Å². The zero-order valence-corrected chi connectivity index (χ0v) is 11.0. The third-order valence-corrected chi connectivity index (χ3v) is 2.70. The van der Waals surface area contributed by atoms with Crippen LogP contribution in [-0.2, 0) is 0 Å². The predicted molar refractivity (Wildman–Crippen MR) is 75.3 cm³/mol. The third-order valence-electron chi connectivity index (χ3n) is 2.70. The van der Waals surface area contributed by atoms with Gasteiger partial charge in [-0.1, -0.05) is 0 Å². The molecule has 2 heterocycles. The van der Waals surface area contributed by atoms with E-state index in [1.165, 1.54) is 0 Å². The number of hydrogen-bond donors (Lipinski definition) is 2. The van der Waals surface area contributed by atoms with Crippen molar-refractivity contribution in [1.82, 2.24) is 9.97 Å². The van der Waals surface area contributed by atoms with Gasteiger partial charge in [0.1, 0.15) is 0 Å². The molecule has 0 fully saturated rings. The minimum absolute atomic E-state index is 0.160. The van der Waals surface area contributed by atoms with Gasteiger partial charge in [0.2, 0.25) is 0 Å². The van der Waals surface area contributed by atoms with Gasteiger partial charge in [0.15, 0.2) is 0 Å². The first-order valence-electron chi connectivity index (χ1n) is 6.12. The highest BCUT2D eigenvalue weighted by molar-refractivity contribution is 6.08. The Morgan fingerprint density at radius 1 is 1.16 bits per heavy atom. The molecule has 2 aromatic rings. The van der Waals surface area contributed by atoms with Crippen LogP contribution in [0.15, 0.2) is 36.9 Å². The average Bonchev–Trinajstić information content (AvgIpc) is 2.42. The lowest BCUT2D eigenvalue weighted by molar-refractivity contribution is 0.102. The van der Waals surface area contributed by atoms with Crippen LogP contribution in [-0.4, -0.2) is 22.4 Å². The number of carbonyl (C=O) groups is 1. The van der Waals surface area contributed by atoms with Crippen LogP contribution in [0.5, 0.6) is 0 Å². The van der Waals surface area contributed by atoms with Gasteiger partial charge in [0.05, 0.1) is 17.4 Å². The van der Waals surface area contributed by atoms with Crippen molar-refractivity contribution in [3.05, 3.63) is 48.0 Å². The molecule has 5 heteroatoms. The summed E-state index contributed by atoms with van der Waals surface area (Å²) < 4.78 is 0. The van der Waals surface area contributed by atoms with Crippen molar-refractivity contribution in [2.45, 2.75) is 13.8 Å². The molecule has 5 nitrogen and oxygen atoms in total. The van der Waals surface area contributed by atoms with Crippen molar-refractivity contribution in [3.63, 3.8) is 0 Å². The summed E-state index contributed by atoms with van der Waals surface area (Å²) in [6.45, 7) is 4.61. The molecule has 98 valence electrons. The van der Waals surface area contributed by atoms with E-state index in [9.17, 15) is 4.79 Å². The molecule has 0 unspecified atom stereocenters. The number of aromatic nitrogens is 2. The van der Waals surface area contributed by atoms with Gasteiger partial charge in [0, 0.05) is 30.8 Å². The van der Waals surface area contributed by atoms with Gasteiger partial charge in [-0.15, -0.1) is 0 Å². The second-order valence-electron chi connectivity index (χ2n) is 4.10. The van der Waals surface area contributed by atoms with Crippen LogP contribution in [0, 0.1) is 6.92 Å².